The number of carbonyl (C=O) groups excluding carboxylic acids is 1. The number of hydrogen-bond acceptors (Lipinski definition) is 5. The molecule has 2 aromatic heterocycles. The van der Waals surface area contributed by atoms with Gasteiger partial charge in [-0.25, -0.2) is 9.38 Å². The van der Waals surface area contributed by atoms with Crippen LogP contribution >= 0.6 is 11.3 Å². The van der Waals surface area contributed by atoms with Crippen LogP contribution < -0.4 is 14.8 Å². The molecule has 130 valence electrons. The lowest BCUT2D eigenvalue weighted by Crippen LogP contribution is -2.22. The van der Waals surface area contributed by atoms with E-state index in [0.717, 1.165) is 27.7 Å². The van der Waals surface area contributed by atoms with Gasteiger partial charge < -0.3 is 4.74 Å². The van der Waals surface area contributed by atoms with E-state index in [9.17, 15) is 9.59 Å². The van der Waals surface area contributed by atoms with E-state index in [4.69, 9.17) is 4.74 Å². The van der Waals surface area contributed by atoms with Gasteiger partial charge in [0.05, 0.1) is 15.6 Å². The van der Waals surface area contributed by atoms with Crippen LogP contribution in [-0.2, 0) is 4.79 Å². The van der Waals surface area contributed by atoms with Gasteiger partial charge in [0.15, 0.2) is 4.96 Å². The largest absolute Gasteiger partial charge is 0.427 e. The summed E-state index contributed by atoms with van der Waals surface area (Å²) in [6.45, 7) is 5.43. The first kappa shape index (κ1) is 16.5. The van der Waals surface area contributed by atoms with E-state index in [1.54, 1.807) is 16.5 Å². The van der Waals surface area contributed by atoms with E-state index < -0.39 is 0 Å². The molecule has 0 aliphatic carbocycles. The number of imidazole rings is 1. The zero-order valence-electron chi connectivity index (χ0n) is 14.6. The van der Waals surface area contributed by atoms with Crippen LogP contribution in [0.5, 0.6) is 5.75 Å². The fraction of sp³-hybridized carbons (Fsp3) is 0.150. The summed E-state index contributed by atoms with van der Waals surface area (Å²) in [5.74, 6) is 0.121. The molecule has 0 unspecified atom stereocenters. The molecule has 0 saturated heterocycles. The van der Waals surface area contributed by atoms with Crippen molar-refractivity contribution in [2.24, 2.45) is 0 Å². The van der Waals surface area contributed by atoms with Crippen LogP contribution in [0.1, 0.15) is 23.6 Å². The van der Waals surface area contributed by atoms with Crippen molar-refractivity contribution in [2.75, 3.05) is 0 Å². The number of benzene rings is 2. The van der Waals surface area contributed by atoms with Crippen molar-refractivity contribution in [3.63, 3.8) is 0 Å². The number of nitrogens with zero attached hydrogens (tertiary/aromatic N) is 2. The molecule has 4 aromatic rings. The molecule has 0 bridgehead atoms. The van der Waals surface area contributed by atoms with E-state index >= 15 is 0 Å². The second-order valence-corrected chi connectivity index (χ2v) is 7.19. The molecule has 0 aliphatic heterocycles. The number of aryl methyl sites for hydroxylation is 2. The molecule has 0 spiro atoms. The zero-order chi connectivity index (χ0) is 18.4. The molecule has 0 N–H and O–H groups in total. The van der Waals surface area contributed by atoms with Gasteiger partial charge in [0.25, 0.3) is 5.56 Å². The van der Waals surface area contributed by atoms with E-state index in [1.807, 2.05) is 44.2 Å². The van der Waals surface area contributed by atoms with Gasteiger partial charge in [0.2, 0.25) is 0 Å². The Morgan fingerprint density at radius 2 is 1.88 bits per heavy atom. The summed E-state index contributed by atoms with van der Waals surface area (Å²) in [4.78, 5) is 29.2. The molecular formula is C20H16N2O3S. The molecule has 2 heterocycles. The zero-order valence-corrected chi connectivity index (χ0v) is 15.4. The number of esters is 1. The van der Waals surface area contributed by atoms with Crippen LogP contribution in [0.4, 0.5) is 0 Å². The first-order valence-electron chi connectivity index (χ1n) is 8.15. The topological polar surface area (TPSA) is 60.7 Å². The summed E-state index contributed by atoms with van der Waals surface area (Å²) in [5, 5.41) is 0. The van der Waals surface area contributed by atoms with Crippen molar-refractivity contribution in [3.05, 3.63) is 68.0 Å². The second-order valence-electron chi connectivity index (χ2n) is 6.18. The third kappa shape index (κ3) is 2.68. The Kier molecular flexibility index (Phi) is 3.85. The van der Waals surface area contributed by atoms with Crippen molar-refractivity contribution < 1.29 is 9.53 Å². The summed E-state index contributed by atoms with van der Waals surface area (Å²) in [7, 11) is 0. The van der Waals surface area contributed by atoms with Crippen LogP contribution in [0, 0.1) is 13.8 Å². The Morgan fingerprint density at radius 3 is 2.58 bits per heavy atom. The van der Waals surface area contributed by atoms with E-state index in [1.165, 1.54) is 18.3 Å². The summed E-state index contributed by atoms with van der Waals surface area (Å²) >= 11 is 1.37. The van der Waals surface area contributed by atoms with Gasteiger partial charge in [0.1, 0.15) is 5.75 Å². The molecule has 0 radical (unpaired) electrons. The molecule has 4 rings (SSSR count). The van der Waals surface area contributed by atoms with Gasteiger partial charge in [-0.2, -0.15) is 0 Å². The van der Waals surface area contributed by atoms with Crippen LogP contribution in [-0.4, -0.2) is 15.4 Å². The standard InChI is InChI=1S/C20H16N2O3S/c1-11-4-9-16-18(12(11)2)21-20-22(16)19(24)17(26-20)10-14-5-7-15(8-6-14)25-13(3)23/h4-10H,1-3H3/b17-10+. The SMILES string of the molecule is CC(=O)Oc1ccc(/C=c2/sc3nc4c(C)c(C)ccc4n3c2=O)cc1. The summed E-state index contributed by atoms with van der Waals surface area (Å²) in [5.41, 5.74) is 4.78. The number of aromatic nitrogens is 2. The number of carbonyl (C=O) groups is 1. The fourth-order valence-corrected chi connectivity index (χ4v) is 3.89. The summed E-state index contributed by atoms with van der Waals surface area (Å²) in [6, 6.07) is 11.0. The lowest BCUT2D eigenvalue weighted by Gasteiger charge is -2.00. The Morgan fingerprint density at radius 1 is 1.15 bits per heavy atom. The third-order valence-electron chi connectivity index (χ3n) is 4.37. The maximum absolute atomic E-state index is 12.8. The number of rotatable bonds is 2. The van der Waals surface area contributed by atoms with Gasteiger partial charge in [0, 0.05) is 6.92 Å². The lowest BCUT2D eigenvalue weighted by molar-refractivity contribution is -0.131. The third-order valence-corrected chi connectivity index (χ3v) is 5.34. The Hall–Kier alpha value is -2.99. The average Bonchev–Trinajstić information content (AvgIpc) is 3.10. The second kappa shape index (κ2) is 6.07. The first-order valence-corrected chi connectivity index (χ1v) is 8.97. The van der Waals surface area contributed by atoms with Gasteiger partial charge in [-0.3, -0.25) is 9.59 Å². The molecule has 26 heavy (non-hydrogen) atoms. The number of hydrogen-bond donors (Lipinski definition) is 0. The molecular weight excluding hydrogens is 348 g/mol. The molecule has 6 heteroatoms. The van der Waals surface area contributed by atoms with E-state index in [2.05, 4.69) is 4.98 Å². The van der Waals surface area contributed by atoms with Crippen molar-refractivity contribution in [1.29, 1.82) is 0 Å². The minimum absolute atomic E-state index is 0.0696. The molecule has 0 saturated carbocycles. The maximum Gasteiger partial charge on any atom is 0.308 e. The highest BCUT2D eigenvalue weighted by Gasteiger charge is 2.13. The van der Waals surface area contributed by atoms with Crippen molar-refractivity contribution >= 4 is 39.4 Å². The number of ether oxygens (including phenoxy) is 1. The average molecular weight is 364 g/mol. The lowest BCUT2D eigenvalue weighted by atomic mass is 10.1. The first-order chi connectivity index (χ1) is 12.4. The minimum Gasteiger partial charge on any atom is -0.427 e. The normalized spacial score (nSPS) is 12.2. The molecule has 0 fully saturated rings. The molecule has 5 nitrogen and oxygen atoms in total. The Labute approximate surface area is 153 Å². The highest BCUT2D eigenvalue weighted by molar-refractivity contribution is 7.15. The van der Waals surface area contributed by atoms with Crippen LogP contribution in [0.3, 0.4) is 0 Å². The fourth-order valence-electron chi connectivity index (χ4n) is 2.91. The van der Waals surface area contributed by atoms with Crippen molar-refractivity contribution in [3.8, 4) is 5.75 Å². The summed E-state index contributed by atoms with van der Waals surface area (Å²) < 4.78 is 7.31. The molecule has 0 atom stereocenters. The monoisotopic (exact) mass is 364 g/mol. The van der Waals surface area contributed by atoms with Gasteiger partial charge >= 0.3 is 5.97 Å². The van der Waals surface area contributed by atoms with Gasteiger partial charge in [-0.1, -0.05) is 29.5 Å². The van der Waals surface area contributed by atoms with Crippen molar-refractivity contribution in [1.82, 2.24) is 9.38 Å². The van der Waals surface area contributed by atoms with E-state index in [0.29, 0.717) is 15.2 Å². The van der Waals surface area contributed by atoms with Crippen LogP contribution in [0.2, 0.25) is 0 Å². The molecule has 0 aliphatic rings. The maximum atomic E-state index is 12.8. The highest BCUT2D eigenvalue weighted by Crippen LogP contribution is 2.22. The van der Waals surface area contributed by atoms with Crippen molar-refractivity contribution in [2.45, 2.75) is 20.8 Å². The Bertz CT molecular complexity index is 1270. The molecule has 0 amide bonds. The quantitative estimate of drug-likeness (QED) is 0.405. The number of thiazole rings is 1. The van der Waals surface area contributed by atoms with Gasteiger partial charge in [-0.05, 0) is 54.8 Å². The smallest absolute Gasteiger partial charge is 0.308 e. The number of fused-ring (bicyclic) bond motifs is 3. The van der Waals surface area contributed by atoms with Crippen LogP contribution in [0.15, 0.2) is 41.2 Å². The predicted octanol–water partition coefficient (Wildman–Crippen LogP) is 3.00. The Balaban J connectivity index is 1.83. The highest BCUT2D eigenvalue weighted by atomic mass is 32.1. The van der Waals surface area contributed by atoms with E-state index in [-0.39, 0.29) is 11.5 Å². The minimum atomic E-state index is -0.361. The van der Waals surface area contributed by atoms with Gasteiger partial charge in [-0.15, -0.1) is 0 Å². The van der Waals surface area contributed by atoms with Crippen LogP contribution in [0.25, 0.3) is 22.1 Å². The summed E-state index contributed by atoms with van der Waals surface area (Å²) in [6.07, 6.45) is 1.83. The predicted molar refractivity (Wildman–Crippen MR) is 103 cm³/mol. The molecule has 2 aromatic carbocycles.